The minimum absolute atomic E-state index is 0.118. The number of halogens is 6. The molecule has 1 fully saturated rings. The molecule has 0 aliphatic carbocycles. The maximum Gasteiger partial charge on any atom is 0.434 e. The van der Waals surface area contributed by atoms with Gasteiger partial charge in [-0.1, -0.05) is 17.3 Å². The molecule has 1 aliphatic heterocycles. The van der Waals surface area contributed by atoms with Gasteiger partial charge in [-0.15, -0.1) is 0 Å². The number of benzene rings is 1. The highest BCUT2D eigenvalue weighted by molar-refractivity contribution is 5.96. The van der Waals surface area contributed by atoms with Gasteiger partial charge in [-0.3, -0.25) is 4.79 Å². The number of aryl methyl sites for hydroxylation is 1. The zero-order chi connectivity index (χ0) is 27.7. The van der Waals surface area contributed by atoms with Crippen LogP contribution < -0.4 is 4.74 Å². The molecule has 0 atom stereocenters. The van der Waals surface area contributed by atoms with Gasteiger partial charge < -0.3 is 14.2 Å². The molecule has 1 aromatic carbocycles. The number of aromatic nitrogens is 3. The third-order valence-corrected chi connectivity index (χ3v) is 5.95. The average Bonchev–Trinajstić information content (AvgIpc) is 3.32. The van der Waals surface area contributed by atoms with Crippen molar-refractivity contribution in [3.05, 3.63) is 70.0 Å². The highest BCUT2D eigenvalue weighted by Crippen LogP contribution is 2.35. The molecule has 0 unspecified atom stereocenters. The number of likely N-dealkylation sites (tertiary alicyclic amines) is 1. The number of hydrogen-bond acceptors (Lipinski definition) is 7. The number of amides is 1. The predicted octanol–water partition coefficient (Wildman–Crippen LogP) is 5.28. The summed E-state index contributed by atoms with van der Waals surface area (Å²) in [5.41, 5.74) is -3.46. The standard InChI is InChI=1S/C24H19F6N5O3/c1-13-32-20(34-38-13)15-6-8-35(9-7-15)22(36)18-10-16(11-31)21(33-19(18)24(28,29)30)37-12-14-2-4-17(5-3-14)23(25,26)27/h2-5,10,15H,6-9,12H2,1H3. The fourth-order valence-electron chi connectivity index (χ4n) is 4.00. The van der Waals surface area contributed by atoms with Crippen LogP contribution in [0, 0.1) is 18.3 Å². The molecule has 1 amide bonds. The molecule has 0 saturated carbocycles. The lowest BCUT2D eigenvalue weighted by Crippen LogP contribution is -2.39. The van der Waals surface area contributed by atoms with Crippen LogP contribution in [-0.4, -0.2) is 39.0 Å². The van der Waals surface area contributed by atoms with Crippen molar-refractivity contribution in [1.82, 2.24) is 20.0 Å². The van der Waals surface area contributed by atoms with Crippen molar-refractivity contribution in [3.63, 3.8) is 0 Å². The van der Waals surface area contributed by atoms with Crippen molar-refractivity contribution in [1.29, 1.82) is 5.26 Å². The molecule has 2 aromatic heterocycles. The first-order valence-electron chi connectivity index (χ1n) is 11.3. The molecular formula is C24H19F6N5O3. The highest BCUT2D eigenvalue weighted by Gasteiger charge is 2.40. The first-order valence-corrected chi connectivity index (χ1v) is 11.3. The van der Waals surface area contributed by atoms with Gasteiger partial charge >= 0.3 is 12.4 Å². The summed E-state index contributed by atoms with van der Waals surface area (Å²) in [6.45, 7) is 1.43. The Hall–Kier alpha value is -4.15. The number of ether oxygens (including phenoxy) is 1. The van der Waals surface area contributed by atoms with E-state index < -0.39 is 53.1 Å². The number of nitriles is 1. The van der Waals surface area contributed by atoms with Crippen LogP contribution >= 0.6 is 0 Å². The zero-order valence-electron chi connectivity index (χ0n) is 19.7. The smallest absolute Gasteiger partial charge is 0.434 e. The summed E-state index contributed by atoms with van der Waals surface area (Å²) >= 11 is 0. The lowest BCUT2D eigenvalue weighted by Gasteiger charge is -2.31. The molecule has 0 spiro atoms. The van der Waals surface area contributed by atoms with Gasteiger partial charge in [0.2, 0.25) is 11.8 Å². The molecule has 0 bridgehead atoms. The topological polar surface area (TPSA) is 105 Å². The predicted molar refractivity (Wildman–Crippen MR) is 117 cm³/mol. The Kier molecular flexibility index (Phi) is 7.30. The molecule has 4 rings (SSSR count). The molecule has 3 aromatic rings. The summed E-state index contributed by atoms with van der Waals surface area (Å²) in [6.07, 6.45) is -8.80. The van der Waals surface area contributed by atoms with Crippen molar-refractivity contribution in [2.45, 2.75) is 44.6 Å². The minimum Gasteiger partial charge on any atom is -0.472 e. The summed E-state index contributed by atoms with van der Waals surface area (Å²) in [4.78, 5) is 21.9. The highest BCUT2D eigenvalue weighted by atomic mass is 19.4. The Morgan fingerprint density at radius 2 is 1.76 bits per heavy atom. The van der Waals surface area contributed by atoms with Crippen molar-refractivity contribution in [2.75, 3.05) is 13.1 Å². The number of alkyl halides is 6. The Labute approximate surface area is 211 Å². The van der Waals surface area contributed by atoms with E-state index in [4.69, 9.17) is 9.26 Å². The van der Waals surface area contributed by atoms with Gasteiger partial charge in [-0.25, -0.2) is 4.98 Å². The second kappa shape index (κ2) is 10.3. The number of carbonyl (C=O) groups excluding carboxylic acids is 1. The second-order valence-corrected chi connectivity index (χ2v) is 8.57. The monoisotopic (exact) mass is 539 g/mol. The van der Waals surface area contributed by atoms with E-state index in [1.807, 2.05) is 0 Å². The van der Waals surface area contributed by atoms with E-state index in [1.54, 1.807) is 13.0 Å². The fourth-order valence-corrected chi connectivity index (χ4v) is 4.00. The van der Waals surface area contributed by atoms with E-state index in [1.165, 1.54) is 4.90 Å². The molecule has 8 nitrogen and oxygen atoms in total. The normalized spacial score (nSPS) is 14.8. The second-order valence-electron chi connectivity index (χ2n) is 8.57. The summed E-state index contributed by atoms with van der Waals surface area (Å²) in [5, 5.41) is 13.3. The van der Waals surface area contributed by atoms with E-state index >= 15 is 0 Å². The third kappa shape index (κ3) is 5.87. The number of pyridine rings is 1. The molecule has 0 radical (unpaired) electrons. The number of rotatable bonds is 5. The van der Waals surface area contributed by atoms with Gasteiger partial charge in [-0.05, 0) is 36.6 Å². The summed E-state index contributed by atoms with van der Waals surface area (Å²) in [6, 6.07) is 6.22. The average molecular weight is 539 g/mol. The lowest BCUT2D eigenvalue weighted by atomic mass is 9.95. The lowest BCUT2D eigenvalue weighted by molar-refractivity contribution is -0.142. The zero-order valence-corrected chi connectivity index (χ0v) is 19.7. The number of carbonyl (C=O) groups is 1. The Balaban J connectivity index is 1.54. The van der Waals surface area contributed by atoms with Gasteiger partial charge in [0, 0.05) is 25.9 Å². The van der Waals surface area contributed by atoms with Gasteiger partial charge in [-0.2, -0.15) is 36.6 Å². The number of piperidine rings is 1. The SMILES string of the molecule is Cc1nc(C2CCN(C(=O)c3cc(C#N)c(OCc4ccc(C(F)(F)F)cc4)nc3C(F)(F)F)CC2)no1. The van der Waals surface area contributed by atoms with Crippen LogP contribution in [0.15, 0.2) is 34.9 Å². The largest absolute Gasteiger partial charge is 0.472 e. The summed E-state index contributed by atoms with van der Waals surface area (Å²) in [7, 11) is 0. The third-order valence-electron chi connectivity index (χ3n) is 5.95. The molecule has 200 valence electrons. The maximum absolute atomic E-state index is 13.9. The van der Waals surface area contributed by atoms with Crippen LogP contribution in [0.2, 0.25) is 0 Å². The molecule has 3 heterocycles. The van der Waals surface area contributed by atoms with Crippen LogP contribution in [0.5, 0.6) is 5.88 Å². The van der Waals surface area contributed by atoms with Crippen LogP contribution in [0.25, 0.3) is 0 Å². The van der Waals surface area contributed by atoms with Gasteiger partial charge in [0.1, 0.15) is 18.2 Å². The van der Waals surface area contributed by atoms with E-state index in [0.29, 0.717) is 24.6 Å². The molecular weight excluding hydrogens is 520 g/mol. The molecule has 38 heavy (non-hydrogen) atoms. The first-order chi connectivity index (χ1) is 17.9. The molecule has 14 heteroatoms. The van der Waals surface area contributed by atoms with E-state index in [0.717, 1.165) is 30.3 Å². The number of nitrogens with zero attached hydrogens (tertiary/aromatic N) is 5. The Morgan fingerprint density at radius 1 is 1.11 bits per heavy atom. The van der Waals surface area contributed by atoms with E-state index in [9.17, 15) is 36.4 Å². The minimum atomic E-state index is -5.05. The molecule has 0 N–H and O–H groups in total. The van der Waals surface area contributed by atoms with Crippen molar-refractivity contribution in [2.24, 2.45) is 0 Å². The fraction of sp³-hybridized carbons (Fsp3) is 0.375. The van der Waals surface area contributed by atoms with Crippen molar-refractivity contribution < 1.29 is 40.4 Å². The van der Waals surface area contributed by atoms with Crippen LogP contribution in [-0.2, 0) is 19.0 Å². The maximum atomic E-state index is 13.9. The summed E-state index contributed by atoms with van der Waals surface area (Å²) in [5.74, 6) is -0.911. The first kappa shape index (κ1) is 26.9. The van der Waals surface area contributed by atoms with Crippen LogP contribution in [0.1, 0.15) is 63.2 Å². The van der Waals surface area contributed by atoms with Crippen LogP contribution in [0.3, 0.4) is 0 Å². The van der Waals surface area contributed by atoms with E-state index in [2.05, 4.69) is 15.1 Å². The summed E-state index contributed by atoms with van der Waals surface area (Å²) < 4.78 is 90.1. The Bertz CT molecular complexity index is 1350. The van der Waals surface area contributed by atoms with Crippen LogP contribution in [0.4, 0.5) is 26.3 Å². The molecule has 1 saturated heterocycles. The van der Waals surface area contributed by atoms with Gasteiger partial charge in [0.15, 0.2) is 11.5 Å². The van der Waals surface area contributed by atoms with Crippen molar-refractivity contribution >= 4 is 5.91 Å². The van der Waals surface area contributed by atoms with Gasteiger partial charge in [0.25, 0.3) is 5.91 Å². The quantitative estimate of drug-likeness (QED) is 0.406. The number of hydrogen-bond donors (Lipinski definition) is 0. The Morgan fingerprint density at radius 3 is 2.29 bits per heavy atom. The van der Waals surface area contributed by atoms with E-state index in [-0.39, 0.29) is 24.6 Å². The molecule has 1 aliphatic rings. The van der Waals surface area contributed by atoms with Crippen molar-refractivity contribution in [3.8, 4) is 11.9 Å². The van der Waals surface area contributed by atoms with Gasteiger partial charge in [0.05, 0.1) is 11.1 Å².